The summed E-state index contributed by atoms with van der Waals surface area (Å²) in [5.41, 5.74) is 2.06. The number of fused-ring (bicyclic) bond motifs is 1. The van der Waals surface area contributed by atoms with Gasteiger partial charge in [-0.05, 0) is 41.3 Å². The van der Waals surface area contributed by atoms with E-state index >= 15 is 0 Å². The molecule has 0 fully saturated rings. The Morgan fingerprint density at radius 2 is 1.74 bits per heavy atom. The van der Waals surface area contributed by atoms with Crippen LogP contribution in [0.3, 0.4) is 0 Å². The average molecular weight is 385 g/mol. The second kappa shape index (κ2) is 6.74. The van der Waals surface area contributed by atoms with Gasteiger partial charge in [-0.3, -0.25) is 9.52 Å². The van der Waals surface area contributed by atoms with E-state index in [9.17, 15) is 13.2 Å². The molecule has 27 heavy (non-hydrogen) atoms. The van der Waals surface area contributed by atoms with Gasteiger partial charge in [0.2, 0.25) is 0 Å². The molecule has 3 rings (SSSR count). The third-order valence-corrected chi connectivity index (χ3v) is 5.77. The number of H-pyrrole nitrogens is 1. The number of aromatic amines is 1. The van der Waals surface area contributed by atoms with Gasteiger partial charge in [0, 0.05) is 23.6 Å². The number of benzene rings is 2. The fourth-order valence-electron chi connectivity index (χ4n) is 2.98. The zero-order valence-electron chi connectivity index (χ0n) is 15.8. The second-order valence-electron chi connectivity index (χ2n) is 7.42. The highest BCUT2D eigenvalue weighted by atomic mass is 32.2. The van der Waals surface area contributed by atoms with Crippen LogP contribution < -0.4 is 10.0 Å². The van der Waals surface area contributed by atoms with Crippen molar-refractivity contribution in [1.29, 1.82) is 0 Å². The number of amides is 1. The van der Waals surface area contributed by atoms with Gasteiger partial charge in [-0.1, -0.05) is 39.0 Å². The number of rotatable bonds is 4. The van der Waals surface area contributed by atoms with Gasteiger partial charge >= 0.3 is 0 Å². The van der Waals surface area contributed by atoms with Gasteiger partial charge in [0.15, 0.2) is 0 Å². The lowest BCUT2D eigenvalue weighted by molar-refractivity contribution is 0.0959. The Hall–Kier alpha value is -2.80. The Morgan fingerprint density at radius 3 is 2.41 bits per heavy atom. The third kappa shape index (κ3) is 3.83. The van der Waals surface area contributed by atoms with Crippen molar-refractivity contribution in [3.05, 3.63) is 59.8 Å². The summed E-state index contributed by atoms with van der Waals surface area (Å²) >= 11 is 0. The van der Waals surface area contributed by atoms with Gasteiger partial charge in [-0.15, -0.1) is 0 Å². The quantitative estimate of drug-likeness (QED) is 0.640. The third-order valence-electron chi connectivity index (χ3n) is 4.33. The number of nitrogens with one attached hydrogen (secondary N) is 3. The van der Waals surface area contributed by atoms with E-state index in [4.69, 9.17) is 0 Å². The van der Waals surface area contributed by atoms with Gasteiger partial charge in [0.1, 0.15) is 5.69 Å². The van der Waals surface area contributed by atoms with Crippen LogP contribution in [-0.4, -0.2) is 26.4 Å². The van der Waals surface area contributed by atoms with Crippen molar-refractivity contribution in [2.24, 2.45) is 0 Å². The molecular weight excluding hydrogens is 362 g/mol. The SMILES string of the molecule is CNC(=O)c1cc2cc(NS(=O)(=O)c3ccccc3C(C)(C)C)ccc2[nH]1. The molecule has 2 aromatic carbocycles. The van der Waals surface area contributed by atoms with Crippen LogP contribution in [0.1, 0.15) is 36.8 Å². The minimum atomic E-state index is -3.75. The minimum Gasteiger partial charge on any atom is -0.354 e. The normalized spacial score (nSPS) is 12.1. The predicted molar refractivity (Wildman–Crippen MR) is 108 cm³/mol. The van der Waals surface area contributed by atoms with E-state index in [1.165, 1.54) is 0 Å². The molecule has 3 N–H and O–H groups in total. The van der Waals surface area contributed by atoms with Crippen molar-refractivity contribution in [1.82, 2.24) is 10.3 Å². The molecule has 6 nitrogen and oxygen atoms in total. The molecule has 0 aliphatic carbocycles. The van der Waals surface area contributed by atoms with Crippen LogP contribution >= 0.6 is 0 Å². The molecule has 1 aromatic heterocycles. The molecule has 0 atom stereocenters. The Balaban J connectivity index is 1.98. The first-order valence-electron chi connectivity index (χ1n) is 8.59. The first-order chi connectivity index (χ1) is 12.6. The highest BCUT2D eigenvalue weighted by molar-refractivity contribution is 7.92. The van der Waals surface area contributed by atoms with Crippen LogP contribution in [0.5, 0.6) is 0 Å². The number of anilines is 1. The first-order valence-corrected chi connectivity index (χ1v) is 10.1. The van der Waals surface area contributed by atoms with Crippen LogP contribution in [0, 0.1) is 0 Å². The van der Waals surface area contributed by atoms with Crippen LogP contribution in [0.25, 0.3) is 10.9 Å². The van der Waals surface area contributed by atoms with Crippen molar-refractivity contribution in [3.8, 4) is 0 Å². The van der Waals surface area contributed by atoms with E-state index in [1.54, 1.807) is 43.4 Å². The van der Waals surface area contributed by atoms with Crippen molar-refractivity contribution in [2.75, 3.05) is 11.8 Å². The molecule has 1 heterocycles. The molecular formula is C20H23N3O3S. The molecule has 0 saturated carbocycles. The van der Waals surface area contributed by atoms with Gasteiger partial charge in [-0.25, -0.2) is 8.42 Å². The molecule has 0 aliphatic rings. The average Bonchev–Trinajstić information content (AvgIpc) is 3.03. The Morgan fingerprint density at radius 1 is 1.04 bits per heavy atom. The topological polar surface area (TPSA) is 91.1 Å². The minimum absolute atomic E-state index is 0.229. The lowest BCUT2D eigenvalue weighted by atomic mass is 9.87. The lowest BCUT2D eigenvalue weighted by Gasteiger charge is -2.23. The summed E-state index contributed by atoms with van der Waals surface area (Å²) in [6, 6.07) is 13.8. The molecule has 0 radical (unpaired) electrons. The van der Waals surface area contributed by atoms with Gasteiger partial charge in [-0.2, -0.15) is 0 Å². The monoisotopic (exact) mass is 385 g/mol. The van der Waals surface area contributed by atoms with Gasteiger partial charge in [0.25, 0.3) is 15.9 Å². The highest BCUT2D eigenvalue weighted by Gasteiger charge is 2.25. The zero-order chi connectivity index (χ0) is 19.8. The van der Waals surface area contributed by atoms with E-state index in [0.717, 1.165) is 16.5 Å². The molecule has 142 valence electrons. The van der Waals surface area contributed by atoms with Crippen molar-refractivity contribution < 1.29 is 13.2 Å². The van der Waals surface area contributed by atoms with Gasteiger partial charge < -0.3 is 10.3 Å². The number of carbonyl (C=O) groups excluding carboxylic acids is 1. The van der Waals surface area contributed by atoms with Crippen molar-refractivity contribution in [2.45, 2.75) is 31.1 Å². The van der Waals surface area contributed by atoms with E-state index in [-0.39, 0.29) is 16.2 Å². The summed E-state index contributed by atoms with van der Waals surface area (Å²) in [6.45, 7) is 5.94. The summed E-state index contributed by atoms with van der Waals surface area (Å²) < 4.78 is 28.6. The summed E-state index contributed by atoms with van der Waals surface area (Å²) in [6.07, 6.45) is 0. The maximum atomic E-state index is 13.0. The van der Waals surface area contributed by atoms with Crippen LogP contribution in [0.4, 0.5) is 5.69 Å². The largest absolute Gasteiger partial charge is 0.354 e. The fourth-order valence-corrected chi connectivity index (χ4v) is 4.45. The molecule has 0 aliphatic heterocycles. The summed E-state index contributed by atoms with van der Waals surface area (Å²) in [5.74, 6) is -0.229. The number of sulfonamides is 1. The van der Waals surface area contributed by atoms with Crippen LogP contribution in [0.2, 0.25) is 0 Å². The molecule has 0 bridgehead atoms. The molecule has 7 heteroatoms. The Bertz CT molecular complexity index is 1110. The molecule has 0 spiro atoms. The standard InChI is InChI=1S/C20H23N3O3S/c1-20(2,3)15-7-5-6-8-18(15)27(25,26)23-14-9-10-16-13(11-14)12-17(22-16)19(24)21-4/h5-12,22-23H,1-4H3,(H,21,24). The van der Waals surface area contributed by atoms with E-state index in [0.29, 0.717) is 11.4 Å². The molecule has 1 amide bonds. The highest BCUT2D eigenvalue weighted by Crippen LogP contribution is 2.30. The van der Waals surface area contributed by atoms with Crippen LogP contribution in [0.15, 0.2) is 53.4 Å². The fraction of sp³-hybridized carbons (Fsp3) is 0.250. The van der Waals surface area contributed by atoms with E-state index in [2.05, 4.69) is 15.0 Å². The van der Waals surface area contributed by atoms with Crippen LogP contribution in [-0.2, 0) is 15.4 Å². The predicted octanol–water partition coefficient (Wildman–Crippen LogP) is 3.63. The Kier molecular flexibility index (Phi) is 4.73. The molecule has 0 saturated heterocycles. The summed E-state index contributed by atoms with van der Waals surface area (Å²) in [4.78, 5) is 15.0. The van der Waals surface area contributed by atoms with Crippen molar-refractivity contribution >= 4 is 32.5 Å². The maximum Gasteiger partial charge on any atom is 0.267 e. The lowest BCUT2D eigenvalue weighted by Crippen LogP contribution is -2.20. The first kappa shape index (κ1) is 19.0. The number of carbonyl (C=O) groups is 1. The van der Waals surface area contributed by atoms with Crippen molar-refractivity contribution in [3.63, 3.8) is 0 Å². The van der Waals surface area contributed by atoms with E-state index < -0.39 is 10.0 Å². The number of aromatic nitrogens is 1. The van der Waals surface area contributed by atoms with E-state index in [1.807, 2.05) is 32.9 Å². The molecule has 3 aromatic rings. The summed E-state index contributed by atoms with van der Waals surface area (Å²) in [5, 5.41) is 3.30. The Labute approximate surface area is 159 Å². The summed E-state index contributed by atoms with van der Waals surface area (Å²) in [7, 11) is -2.19. The molecule has 0 unspecified atom stereocenters. The second-order valence-corrected chi connectivity index (χ2v) is 9.07. The van der Waals surface area contributed by atoms with Gasteiger partial charge in [0.05, 0.1) is 4.90 Å². The number of hydrogen-bond donors (Lipinski definition) is 3. The smallest absolute Gasteiger partial charge is 0.267 e. The maximum absolute atomic E-state index is 13.0. The zero-order valence-corrected chi connectivity index (χ0v) is 16.6. The number of hydrogen-bond acceptors (Lipinski definition) is 3.